The lowest BCUT2D eigenvalue weighted by molar-refractivity contribution is 0.0195. The van der Waals surface area contributed by atoms with Crippen LogP contribution in [0.4, 0.5) is 9.18 Å². The predicted octanol–water partition coefficient (Wildman–Crippen LogP) is 3.44. The first-order chi connectivity index (χ1) is 10.8. The Morgan fingerprint density at radius 3 is 2.65 bits per heavy atom. The Hall–Kier alpha value is -2.37. The summed E-state index contributed by atoms with van der Waals surface area (Å²) >= 11 is 0. The lowest BCUT2D eigenvalue weighted by Crippen LogP contribution is -2.41. The number of ether oxygens (including phenoxy) is 1. The Bertz CT molecular complexity index is 734. The van der Waals surface area contributed by atoms with Crippen molar-refractivity contribution in [3.8, 4) is 11.1 Å². The maximum Gasteiger partial charge on any atom is 0.410 e. The highest BCUT2D eigenvalue weighted by molar-refractivity contribution is 5.70. The van der Waals surface area contributed by atoms with Crippen molar-refractivity contribution < 1.29 is 13.9 Å². The van der Waals surface area contributed by atoms with Crippen molar-refractivity contribution in [3.05, 3.63) is 42.0 Å². The summed E-state index contributed by atoms with van der Waals surface area (Å²) in [5.74, 6) is -0.294. The predicted molar refractivity (Wildman–Crippen MR) is 84.3 cm³/mol. The lowest BCUT2D eigenvalue weighted by atomic mass is 10.0. The highest BCUT2D eigenvalue weighted by Crippen LogP contribution is 2.29. The molecule has 0 atom stereocenters. The maximum absolute atomic E-state index is 14.1. The van der Waals surface area contributed by atoms with E-state index in [1.165, 1.54) is 6.07 Å². The third kappa shape index (κ3) is 3.21. The van der Waals surface area contributed by atoms with E-state index in [1.54, 1.807) is 29.3 Å². The number of benzene rings is 1. The molecule has 0 radical (unpaired) electrons. The van der Waals surface area contributed by atoms with Crippen molar-refractivity contribution in [2.24, 2.45) is 0 Å². The zero-order valence-electron chi connectivity index (χ0n) is 13.5. The van der Waals surface area contributed by atoms with Crippen LogP contribution in [0, 0.1) is 5.82 Å². The summed E-state index contributed by atoms with van der Waals surface area (Å²) in [6.45, 7) is 6.97. The molecule has 0 unspecified atom stereocenters. The molecule has 122 valence electrons. The van der Waals surface area contributed by atoms with Crippen LogP contribution in [-0.4, -0.2) is 32.9 Å². The number of rotatable bonds is 1. The maximum atomic E-state index is 14.1. The van der Waals surface area contributed by atoms with E-state index in [0.29, 0.717) is 25.2 Å². The summed E-state index contributed by atoms with van der Waals surface area (Å²) in [4.78, 5) is 13.9. The van der Waals surface area contributed by atoms with Gasteiger partial charge in [-0.1, -0.05) is 18.2 Å². The minimum Gasteiger partial charge on any atom is -0.444 e. The Balaban J connectivity index is 1.88. The summed E-state index contributed by atoms with van der Waals surface area (Å²) < 4.78 is 21.3. The molecular formula is C17H20FN3O2. The number of fused-ring (bicyclic) bond motifs is 1. The van der Waals surface area contributed by atoms with Crippen LogP contribution >= 0.6 is 0 Å². The number of carbonyl (C=O) groups is 1. The van der Waals surface area contributed by atoms with Crippen LogP contribution in [0.2, 0.25) is 0 Å². The quantitative estimate of drug-likeness (QED) is 0.809. The molecular weight excluding hydrogens is 297 g/mol. The van der Waals surface area contributed by atoms with Gasteiger partial charge in [-0.15, -0.1) is 0 Å². The smallest absolute Gasteiger partial charge is 0.410 e. The summed E-state index contributed by atoms with van der Waals surface area (Å²) in [5.41, 5.74) is 1.51. The second kappa shape index (κ2) is 5.68. The Kier molecular flexibility index (Phi) is 3.83. The van der Waals surface area contributed by atoms with Gasteiger partial charge in [-0.25, -0.2) is 9.18 Å². The van der Waals surface area contributed by atoms with Gasteiger partial charge >= 0.3 is 6.09 Å². The van der Waals surface area contributed by atoms with Crippen LogP contribution < -0.4 is 0 Å². The topological polar surface area (TPSA) is 47.4 Å². The molecule has 1 aliphatic rings. The molecule has 0 fully saturated rings. The Morgan fingerprint density at radius 2 is 1.96 bits per heavy atom. The molecule has 0 aliphatic carbocycles. The molecule has 1 aromatic carbocycles. The van der Waals surface area contributed by atoms with E-state index >= 15 is 0 Å². The molecule has 0 saturated carbocycles. The molecule has 2 heterocycles. The van der Waals surface area contributed by atoms with Gasteiger partial charge in [0.15, 0.2) is 0 Å². The van der Waals surface area contributed by atoms with Crippen molar-refractivity contribution in [2.75, 3.05) is 6.54 Å². The Morgan fingerprint density at radius 1 is 1.22 bits per heavy atom. The van der Waals surface area contributed by atoms with Gasteiger partial charge in [0.05, 0.1) is 25.0 Å². The van der Waals surface area contributed by atoms with E-state index in [-0.39, 0.29) is 11.9 Å². The van der Waals surface area contributed by atoms with Gasteiger partial charge in [0.25, 0.3) is 0 Å². The molecule has 1 amide bonds. The first kappa shape index (κ1) is 15.5. The van der Waals surface area contributed by atoms with Crippen LogP contribution in [0.25, 0.3) is 11.1 Å². The monoisotopic (exact) mass is 317 g/mol. The zero-order valence-corrected chi connectivity index (χ0v) is 13.5. The SMILES string of the molecule is CC(C)(C)OC(=O)N1CCn2ncc(-c3ccccc3F)c2C1. The fourth-order valence-electron chi connectivity index (χ4n) is 2.63. The molecule has 0 N–H and O–H groups in total. The summed E-state index contributed by atoms with van der Waals surface area (Å²) in [5, 5.41) is 4.31. The van der Waals surface area contributed by atoms with Crippen LogP contribution in [0.1, 0.15) is 26.5 Å². The molecule has 6 heteroatoms. The van der Waals surface area contributed by atoms with E-state index in [9.17, 15) is 9.18 Å². The summed E-state index contributed by atoms with van der Waals surface area (Å²) in [7, 11) is 0. The van der Waals surface area contributed by atoms with E-state index in [2.05, 4.69) is 5.10 Å². The molecule has 0 bridgehead atoms. The van der Waals surface area contributed by atoms with E-state index in [0.717, 1.165) is 11.3 Å². The van der Waals surface area contributed by atoms with Crippen LogP contribution in [0.3, 0.4) is 0 Å². The second-order valence-corrected chi connectivity index (χ2v) is 6.61. The highest BCUT2D eigenvalue weighted by atomic mass is 19.1. The van der Waals surface area contributed by atoms with Gasteiger partial charge in [0, 0.05) is 17.7 Å². The fourth-order valence-corrected chi connectivity index (χ4v) is 2.63. The van der Waals surface area contributed by atoms with Gasteiger partial charge in [-0.05, 0) is 26.8 Å². The van der Waals surface area contributed by atoms with Crippen molar-refractivity contribution in [2.45, 2.75) is 39.5 Å². The molecule has 0 spiro atoms. The van der Waals surface area contributed by atoms with Gasteiger partial charge in [-0.2, -0.15) is 5.10 Å². The van der Waals surface area contributed by atoms with Crippen LogP contribution in [0.5, 0.6) is 0 Å². The van der Waals surface area contributed by atoms with Gasteiger partial charge < -0.3 is 9.64 Å². The second-order valence-electron chi connectivity index (χ2n) is 6.61. The normalized spacial score (nSPS) is 14.5. The lowest BCUT2D eigenvalue weighted by Gasteiger charge is -2.30. The third-order valence-corrected chi connectivity index (χ3v) is 3.69. The molecule has 3 rings (SSSR count). The fraction of sp³-hybridized carbons (Fsp3) is 0.412. The van der Waals surface area contributed by atoms with E-state index < -0.39 is 5.60 Å². The van der Waals surface area contributed by atoms with Gasteiger partial charge in [0.2, 0.25) is 0 Å². The number of amides is 1. The average molecular weight is 317 g/mol. The molecule has 0 saturated heterocycles. The largest absolute Gasteiger partial charge is 0.444 e. The minimum atomic E-state index is -0.539. The van der Waals surface area contributed by atoms with E-state index in [1.807, 2.05) is 25.5 Å². The molecule has 5 nitrogen and oxygen atoms in total. The molecule has 23 heavy (non-hydrogen) atoms. The van der Waals surface area contributed by atoms with Gasteiger partial charge in [0.1, 0.15) is 11.4 Å². The van der Waals surface area contributed by atoms with Gasteiger partial charge in [-0.3, -0.25) is 4.68 Å². The first-order valence-corrected chi connectivity index (χ1v) is 7.63. The Labute approximate surface area is 134 Å². The number of carbonyl (C=O) groups excluding carboxylic acids is 1. The molecule has 2 aromatic rings. The zero-order chi connectivity index (χ0) is 16.6. The van der Waals surface area contributed by atoms with Crippen molar-refractivity contribution in [1.82, 2.24) is 14.7 Å². The van der Waals surface area contributed by atoms with Crippen molar-refractivity contribution >= 4 is 6.09 Å². The minimum absolute atomic E-state index is 0.294. The summed E-state index contributed by atoms with van der Waals surface area (Å²) in [6.07, 6.45) is 1.30. The number of hydrogen-bond donors (Lipinski definition) is 0. The summed E-state index contributed by atoms with van der Waals surface area (Å²) in [6, 6.07) is 6.59. The van der Waals surface area contributed by atoms with Crippen molar-refractivity contribution in [1.29, 1.82) is 0 Å². The van der Waals surface area contributed by atoms with E-state index in [4.69, 9.17) is 4.74 Å². The average Bonchev–Trinajstić information content (AvgIpc) is 2.89. The number of hydrogen-bond acceptors (Lipinski definition) is 3. The molecule has 1 aromatic heterocycles. The first-order valence-electron chi connectivity index (χ1n) is 7.63. The molecule has 1 aliphatic heterocycles. The highest BCUT2D eigenvalue weighted by Gasteiger charge is 2.28. The standard InChI is InChI=1S/C17H20FN3O2/c1-17(2,3)23-16(22)20-8-9-21-15(11-20)13(10-19-21)12-6-4-5-7-14(12)18/h4-7,10H,8-9,11H2,1-3H3. The number of halogens is 1. The van der Waals surface area contributed by atoms with Crippen LogP contribution in [-0.2, 0) is 17.8 Å². The number of nitrogens with zero attached hydrogens (tertiary/aromatic N) is 3. The van der Waals surface area contributed by atoms with Crippen molar-refractivity contribution in [3.63, 3.8) is 0 Å². The third-order valence-electron chi connectivity index (χ3n) is 3.69. The number of aromatic nitrogens is 2. The van der Waals surface area contributed by atoms with Crippen LogP contribution in [0.15, 0.2) is 30.5 Å².